The summed E-state index contributed by atoms with van der Waals surface area (Å²) in [6.07, 6.45) is 3.87. The molecule has 0 spiro atoms. The highest BCUT2D eigenvalue weighted by atomic mass is 16.4. The number of carbonyl (C=O) groups is 1. The molecule has 0 fully saturated rings. The Balaban J connectivity index is 2.45. The van der Waals surface area contributed by atoms with Gasteiger partial charge in [-0.15, -0.1) is 0 Å². The molecule has 0 aliphatic heterocycles. The van der Waals surface area contributed by atoms with Gasteiger partial charge in [0.15, 0.2) is 0 Å². The van der Waals surface area contributed by atoms with Crippen LogP contribution in [-0.2, 0) is 0 Å². The van der Waals surface area contributed by atoms with Crippen LogP contribution in [0.1, 0.15) is 41.6 Å². The minimum absolute atomic E-state index is 0.245. The van der Waals surface area contributed by atoms with Crippen LogP contribution in [0.5, 0.6) is 0 Å². The van der Waals surface area contributed by atoms with Crippen LogP contribution >= 0.6 is 0 Å². The third-order valence-corrected chi connectivity index (χ3v) is 2.81. The molecule has 0 unspecified atom stereocenters. The quantitative estimate of drug-likeness (QED) is 0.621. The van der Waals surface area contributed by atoms with Gasteiger partial charge in [-0.3, -0.25) is 0 Å². The molecule has 100 valence electrons. The number of aliphatic hydroxyl groups is 1. The minimum Gasteiger partial charge on any atom is -0.478 e. The summed E-state index contributed by atoms with van der Waals surface area (Å²) < 4.78 is 0. The largest absolute Gasteiger partial charge is 0.478 e. The van der Waals surface area contributed by atoms with Gasteiger partial charge in [-0.25, -0.2) is 4.79 Å². The van der Waals surface area contributed by atoms with E-state index < -0.39 is 5.97 Å². The van der Waals surface area contributed by atoms with Crippen LogP contribution in [0, 0.1) is 6.92 Å². The van der Waals surface area contributed by atoms with Gasteiger partial charge in [0.1, 0.15) is 0 Å². The number of rotatable bonds is 8. The molecule has 0 radical (unpaired) electrons. The lowest BCUT2D eigenvalue weighted by Gasteiger charge is -2.10. The number of unbranched alkanes of at least 4 members (excludes halogenated alkanes) is 3. The summed E-state index contributed by atoms with van der Waals surface area (Å²) in [6, 6.07) is 5.29. The number of aromatic carboxylic acids is 1. The highest BCUT2D eigenvalue weighted by molar-refractivity contribution is 5.94. The fourth-order valence-electron chi connectivity index (χ4n) is 1.80. The molecule has 1 rings (SSSR count). The lowest BCUT2D eigenvalue weighted by atomic mass is 10.1. The SMILES string of the molecule is Cc1ccc(C(=O)O)c(NCCCCCCO)c1. The highest BCUT2D eigenvalue weighted by Gasteiger charge is 2.09. The summed E-state index contributed by atoms with van der Waals surface area (Å²) in [5, 5.41) is 20.9. The summed E-state index contributed by atoms with van der Waals surface area (Å²) in [4.78, 5) is 11.0. The molecule has 0 aliphatic rings. The topological polar surface area (TPSA) is 69.6 Å². The van der Waals surface area contributed by atoms with Crippen molar-refractivity contribution in [1.82, 2.24) is 0 Å². The van der Waals surface area contributed by atoms with Crippen LogP contribution in [0.3, 0.4) is 0 Å². The van der Waals surface area contributed by atoms with E-state index >= 15 is 0 Å². The maximum absolute atomic E-state index is 11.0. The van der Waals surface area contributed by atoms with Crippen molar-refractivity contribution in [3.8, 4) is 0 Å². The highest BCUT2D eigenvalue weighted by Crippen LogP contribution is 2.17. The zero-order valence-corrected chi connectivity index (χ0v) is 10.8. The molecule has 4 nitrogen and oxygen atoms in total. The van der Waals surface area contributed by atoms with Gasteiger partial charge in [0.2, 0.25) is 0 Å². The number of aliphatic hydroxyl groups excluding tert-OH is 1. The van der Waals surface area contributed by atoms with Crippen LogP contribution in [0.15, 0.2) is 18.2 Å². The Morgan fingerprint density at radius 2 is 1.94 bits per heavy atom. The molecule has 0 atom stereocenters. The lowest BCUT2D eigenvalue weighted by Crippen LogP contribution is -2.08. The first kappa shape index (κ1) is 14.5. The smallest absolute Gasteiger partial charge is 0.337 e. The number of nitrogens with one attached hydrogen (secondary N) is 1. The Morgan fingerprint density at radius 1 is 1.22 bits per heavy atom. The van der Waals surface area contributed by atoms with Crippen LogP contribution in [-0.4, -0.2) is 29.3 Å². The van der Waals surface area contributed by atoms with Gasteiger partial charge in [-0.1, -0.05) is 18.9 Å². The van der Waals surface area contributed by atoms with Gasteiger partial charge in [-0.2, -0.15) is 0 Å². The molecule has 1 aromatic carbocycles. The van der Waals surface area contributed by atoms with E-state index in [-0.39, 0.29) is 6.61 Å². The van der Waals surface area contributed by atoms with E-state index in [1.165, 1.54) is 0 Å². The van der Waals surface area contributed by atoms with Gasteiger partial charge >= 0.3 is 5.97 Å². The fourth-order valence-corrected chi connectivity index (χ4v) is 1.80. The van der Waals surface area contributed by atoms with E-state index in [1.54, 1.807) is 12.1 Å². The summed E-state index contributed by atoms with van der Waals surface area (Å²) in [5.41, 5.74) is 2.04. The van der Waals surface area contributed by atoms with Crippen molar-refractivity contribution in [1.29, 1.82) is 0 Å². The van der Waals surface area contributed by atoms with Crippen molar-refractivity contribution in [3.05, 3.63) is 29.3 Å². The molecule has 0 saturated heterocycles. The number of carboxylic acids is 1. The predicted molar refractivity (Wildman–Crippen MR) is 72.2 cm³/mol. The second-order valence-electron chi connectivity index (χ2n) is 4.42. The number of hydrogen-bond donors (Lipinski definition) is 3. The molecule has 18 heavy (non-hydrogen) atoms. The zero-order chi connectivity index (χ0) is 13.4. The molecule has 0 aliphatic carbocycles. The minimum atomic E-state index is -0.905. The van der Waals surface area contributed by atoms with Crippen LogP contribution in [0.2, 0.25) is 0 Å². The third-order valence-electron chi connectivity index (χ3n) is 2.81. The monoisotopic (exact) mass is 251 g/mol. The molecule has 0 saturated carbocycles. The van der Waals surface area contributed by atoms with E-state index in [0.29, 0.717) is 11.3 Å². The first-order valence-corrected chi connectivity index (χ1v) is 6.34. The van der Waals surface area contributed by atoms with E-state index in [4.69, 9.17) is 10.2 Å². The molecule has 0 heterocycles. The molecule has 0 aromatic heterocycles. The summed E-state index contributed by atoms with van der Waals surface area (Å²) in [6.45, 7) is 2.95. The second kappa shape index (κ2) is 7.71. The van der Waals surface area contributed by atoms with E-state index in [9.17, 15) is 4.79 Å². The number of aryl methyl sites for hydroxylation is 1. The number of hydrogen-bond acceptors (Lipinski definition) is 3. The van der Waals surface area contributed by atoms with Crippen molar-refractivity contribution in [3.63, 3.8) is 0 Å². The molecule has 3 N–H and O–H groups in total. The van der Waals surface area contributed by atoms with Crippen molar-refractivity contribution in [2.24, 2.45) is 0 Å². The lowest BCUT2D eigenvalue weighted by molar-refractivity contribution is 0.0698. The Hall–Kier alpha value is -1.55. The average Bonchev–Trinajstić information content (AvgIpc) is 2.33. The molecular formula is C14H21NO3. The van der Waals surface area contributed by atoms with Gasteiger partial charge in [0.05, 0.1) is 5.56 Å². The Kier molecular flexibility index (Phi) is 6.22. The molecule has 1 aromatic rings. The van der Waals surface area contributed by atoms with Crippen LogP contribution < -0.4 is 5.32 Å². The van der Waals surface area contributed by atoms with Gasteiger partial charge < -0.3 is 15.5 Å². The summed E-state index contributed by atoms with van der Waals surface area (Å²) >= 11 is 0. The normalized spacial score (nSPS) is 10.3. The van der Waals surface area contributed by atoms with E-state index in [2.05, 4.69) is 5.32 Å². The first-order chi connectivity index (χ1) is 8.65. The number of benzene rings is 1. The maximum atomic E-state index is 11.0. The van der Waals surface area contributed by atoms with Crippen molar-refractivity contribution in [2.75, 3.05) is 18.5 Å². The van der Waals surface area contributed by atoms with E-state index in [1.807, 2.05) is 13.0 Å². The van der Waals surface area contributed by atoms with Gasteiger partial charge in [-0.05, 0) is 37.5 Å². The first-order valence-electron chi connectivity index (χ1n) is 6.34. The fraction of sp³-hybridized carbons (Fsp3) is 0.500. The summed E-state index contributed by atoms with van der Waals surface area (Å²) in [7, 11) is 0. The number of anilines is 1. The maximum Gasteiger partial charge on any atom is 0.337 e. The Morgan fingerprint density at radius 3 is 2.61 bits per heavy atom. The van der Waals surface area contributed by atoms with Crippen molar-refractivity contribution in [2.45, 2.75) is 32.6 Å². The molecule has 0 bridgehead atoms. The van der Waals surface area contributed by atoms with Gasteiger partial charge in [0, 0.05) is 18.8 Å². The third kappa shape index (κ3) is 4.75. The second-order valence-corrected chi connectivity index (χ2v) is 4.42. The van der Waals surface area contributed by atoms with Crippen molar-refractivity contribution < 1.29 is 15.0 Å². The number of carboxylic acid groups (broad SMARTS) is 1. The van der Waals surface area contributed by atoms with Crippen LogP contribution in [0.25, 0.3) is 0 Å². The van der Waals surface area contributed by atoms with E-state index in [0.717, 1.165) is 37.8 Å². The molecule has 0 amide bonds. The van der Waals surface area contributed by atoms with Crippen molar-refractivity contribution >= 4 is 11.7 Å². The Bertz CT molecular complexity index is 391. The van der Waals surface area contributed by atoms with Crippen LogP contribution in [0.4, 0.5) is 5.69 Å². The molecular weight excluding hydrogens is 230 g/mol. The summed E-state index contributed by atoms with van der Waals surface area (Å²) in [5.74, 6) is -0.905. The predicted octanol–water partition coefficient (Wildman–Crippen LogP) is 2.66. The Labute approximate surface area is 108 Å². The molecule has 4 heteroatoms. The van der Waals surface area contributed by atoms with Gasteiger partial charge in [0.25, 0.3) is 0 Å². The zero-order valence-electron chi connectivity index (χ0n) is 10.8. The standard InChI is InChI=1S/C14H21NO3/c1-11-6-7-12(14(17)18)13(10-11)15-8-4-2-3-5-9-16/h6-7,10,15-16H,2-5,8-9H2,1H3,(H,17,18). The average molecular weight is 251 g/mol.